The number of aromatic nitrogens is 2. The lowest BCUT2D eigenvalue weighted by Gasteiger charge is -2.46. The maximum atomic E-state index is 14.4. The van der Waals surface area contributed by atoms with Crippen LogP contribution in [0.5, 0.6) is 0 Å². The van der Waals surface area contributed by atoms with E-state index in [0.717, 1.165) is 36.4 Å². The quantitative estimate of drug-likeness (QED) is 0.485. The standard InChI is InChI=1S/C29H42F4N6O/c1-28(30)9-11-37(12-10-28)15-19-13-23(29(31,32)33)24-17-38(27(40)39(24)16-19)22-8-4-7-21(14-22)25(20-5-3-6-20)26-35-34-18-36(26)2/h13,16-17,20-22,25-26,34-35H,3-12,14-15,18H2,1-2H3/t21?,22?,25-,26?/m1/s1/i15D2. The molecular weight excluding hydrogens is 524 g/mol. The Labute approximate surface area is 235 Å². The number of rotatable bonds is 6. The number of hydrogen-bond donors (Lipinski definition) is 2. The van der Waals surface area contributed by atoms with Crippen molar-refractivity contribution in [3.05, 3.63) is 40.1 Å². The van der Waals surface area contributed by atoms with Gasteiger partial charge in [0.05, 0.1) is 23.9 Å². The van der Waals surface area contributed by atoms with Crippen LogP contribution in [0, 0.1) is 17.8 Å². The van der Waals surface area contributed by atoms with Crippen molar-refractivity contribution in [2.75, 3.05) is 26.8 Å². The van der Waals surface area contributed by atoms with Crippen LogP contribution in [0.4, 0.5) is 17.6 Å². The second kappa shape index (κ2) is 10.7. The number of nitrogens with one attached hydrogen (secondary N) is 2. The minimum atomic E-state index is -4.79. The molecule has 40 heavy (non-hydrogen) atoms. The van der Waals surface area contributed by atoms with E-state index in [9.17, 15) is 22.4 Å². The summed E-state index contributed by atoms with van der Waals surface area (Å²) < 4.78 is 77.5. The number of nitrogens with zero attached hydrogens (tertiary/aromatic N) is 4. The molecule has 7 nitrogen and oxygen atoms in total. The van der Waals surface area contributed by atoms with Crippen LogP contribution in [0.1, 0.15) is 84.6 Å². The molecule has 2 aromatic rings. The van der Waals surface area contributed by atoms with Gasteiger partial charge in [-0.05, 0) is 75.5 Å². The van der Waals surface area contributed by atoms with Crippen molar-refractivity contribution in [3.8, 4) is 0 Å². The van der Waals surface area contributed by atoms with Gasteiger partial charge in [0.25, 0.3) is 0 Å². The van der Waals surface area contributed by atoms with E-state index in [4.69, 9.17) is 2.74 Å². The summed E-state index contributed by atoms with van der Waals surface area (Å²) in [6, 6.07) is 0.594. The van der Waals surface area contributed by atoms with Gasteiger partial charge in [0.2, 0.25) is 0 Å². The number of hydrogen-bond acceptors (Lipinski definition) is 5. The number of pyridine rings is 1. The van der Waals surface area contributed by atoms with Crippen molar-refractivity contribution in [1.29, 1.82) is 0 Å². The fourth-order valence-corrected chi connectivity index (χ4v) is 7.43. The molecule has 3 unspecified atom stereocenters. The highest BCUT2D eigenvalue weighted by Crippen LogP contribution is 2.47. The second-order valence-electron chi connectivity index (χ2n) is 12.8. The van der Waals surface area contributed by atoms with E-state index in [1.807, 2.05) is 0 Å². The molecule has 11 heteroatoms. The monoisotopic (exact) mass is 568 g/mol. The lowest BCUT2D eigenvalue weighted by atomic mass is 9.65. The number of imidazole rings is 1. The Morgan fingerprint density at radius 3 is 2.45 bits per heavy atom. The van der Waals surface area contributed by atoms with Crippen molar-refractivity contribution in [1.82, 2.24) is 29.6 Å². The number of likely N-dealkylation sites (tertiary alicyclic amines) is 1. The first kappa shape index (κ1) is 25.7. The van der Waals surface area contributed by atoms with E-state index in [0.29, 0.717) is 24.2 Å². The van der Waals surface area contributed by atoms with E-state index >= 15 is 0 Å². The van der Waals surface area contributed by atoms with Crippen LogP contribution in [0.3, 0.4) is 0 Å². The Kier molecular flexibility index (Phi) is 6.89. The molecule has 4 aliphatic rings. The molecule has 2 saturated heterocycles. The van der Waals surface area contributed by atoms with Crippen LogP contribution in [-0.2, 0) is 12.7 Å². The molecule has 2 aromatic heterocycles. The SMILES string of the molecule is [2H]C([2H])(c1cc(C(F)(F)F)c2cn(C3CCCC([C@@H](C4CCC4)C4NNCN4C)C3)c(=O)n2c1)N1CCC(C)(F)CC1. The zero-order valence-electron chi connectivity index (χ0n) is 25.3. The number of fused-ring (bicyclic) bond motifs is 1. The number of halogens is 4. The Morgan fingerprint density at radius 1 is 1.12 bits per heavy atom. The molecule has 4 atom stereocenters. The minimum absolute atomic E-state index is 0.0709. The highest BCUT2D eigenvalue weighted by molar-refractivity contribution is 5.56. The average Bonchev–Trinajstić information content (AvgIpc) is 3.47. The molecule has 2 aliphatic carbocycles. The normalized spacial score (nSPS) is 30.7. The van der Waals surface area contributed by atoms with Gasteiger partial charge in [-0.25, -0.2) is 20.0 Å². The number of hydrazine groups is 1. The van der Waals surface area contributed by atoms with Gasteiger partial charge in [0.15, 0.2) is 0 Å². The van der Waals surface area contributed by atoms with Crippen LogP contribution in [0.15, 0.2) is 23.3 Å². The molecular formula is C29H42F4N6O. The van der Waals surface area contributed by atoms with Gasteiger partial charge in [0.1, 0.15) is 5.67 Å². The molecule has 2 aliphatic heterocycles. The van der Waals surface area contributed by atoms with Crippen molar-refractivity contribution >= 4 is 5.52 Å². The molecule has 0 bridgehead atoms. The summed E-state index contributed by atoms with van der Waals surface area (Å²) in [5.74, 6) is 1.30. The van der Waals surface area contributed by atoms with Gasteiger partial charge in [-0.15, -0.1) is 0 Å². The van der Waals surface area contributed by atoms with Gasteiger partial charge in [-0.3, -0.25) is 18.8 Å². The molecule has 4 heterocycles. The average molecular weight is 569 g/mol. The lowest BCUT2D eigenvalue weighted by Crippen LogP contribution is -2.50. The van der Waals surface area contributed by atoms with Crippen LogP contribution < -0.4 is 16.5 Å². The molecule has 2 N–H and O–H groups in total. The summed E-state index contributed by atoms with van der Waals surface area (Å²) in [5, 5.41) is 0. The molecule has 6 rings (SSSR count). The summed E-state index contributed by atoms with van der Waals surface area (Å²) >= 11 is 0. The van der Waals surface area contributed by atoms with Gasteiger partial charge in [-0.1, -0.05) is 25.7 Å². The third kappa shape index (κ3) is 5.46. The fraction of sp³-hybridized carbons (Fsp3) is 0.759. The van der Waals surface area contributed by atoms with Crippen LogP contribution in [0.2, 0.25) is 0 Å². The van der Waals surface area contributed by atoms with Gasteiger partial charge < -0.3 is 0 Å². The first-order chi connectivity index (χ1) is 19.8. The fourth-order valence-electron chi connectivity index (χ4n) is 7.43. The summed E-state index contributed by atoms with van der Waals surface area (Å²) in [4.78, 5) is 17.4. The van der Waals surface area contributed by atoms with E-state index in [1.165, 1.54) is 48.0 Å². The second-order valence-corrected chi connectivity index (χ2v) is 12.8. The summed E-state index contributed by atoms with van der Waals surface area (Å²) in [5.41, 5.74) is 3.12. The van der Waals surface area contributed by atoms with E-state index in [1.54, 1.807) is 0 Å². The Bertz CT molecular complexity index is 1350. The summed E-state index contributed by atoms with van der Waals surface area (Å²) in [6.07, 6.45) is 5.02. The zero-order chi connectivity index (χ0) is 30.0. The maximum absolute atomic E-state index is 14.4. The Hall–Kier alpha value is -1.95. The van der Waals surface area contributed by atoms with Crippen LogP contribution >= 0.6 is 0 Å². The zero-order valence-corrected chi connectivity index (χ0v) is 23.3. The molecule has 0 radical (unpaired) electrons. The third-order valence-corrected chi connectivity index (χ3v) is 9.93. The van der Waals surface area contributed by atoms with Gasteiger partial charge >= 0.3 is 11.9 Å². The van der Waals surface area contributed by atoms with Crippen molar-refractivity contribution in [2.45, 2.75) is 95.3 Å². The third-order valence-electron chi connectivity index (χ3n) is 9.93. The van der Waals surface area contributed by atoms with Gasteiger partial charge in [0, 0.05) is 40.8 Å². The topological polar surface area (TPSA) is 57.0 Å². The minimum Gasteiger partial charge on any atom is -0.299 e. The van der Waals surface area contributed by atoms with E-state index in [-0.39, 0.29) is 49.2 Å². The van der Waals surface area contributed by atoms with E-state index < -0.39 is 29.6 Å². The largest absolute Gasteiger partial charge is 0.418 e. The van der Waals surface area contributed by atoms with Gasteiger partial charge in [-0.2, -0.15) is 13.2 Å². The maximum Gasteiger partial charge on any atom is 0.418 e. The molecule has 0 spiro atoms. The molecule has 0 amide bonds. The van der Waals surface area contributed by atoms with Crippen molar-refractivity contribution in [3.63, 3.8) is 0 Å². The predicted molar refractivity (Wildman–Crippen MR) is 145 cm³/mol. The molecule has 2 saturated carbocycles. The highest BCUT2D eigenvalue weighted by Gasteiger charge is 2.44. The molecule has 222 valence electrons. The smallest absolute Gasteiger partial charge is 0.299 e. The molecule has 4 fully saturated rings. The lowest BCUT2D eigenvalue weighted by molar-refractivity contribution is -0.136. The van der Waals surface area contributed by atoms with Crippen molar-refractivity contribution in [2.24, 2.45) is 17.8 Å². The Balaban J connectivity index is 1.34. The van der Waals surface area contributed by atoms with Crippen LogP contribution in [-0.4, -0.2) is 57.4 Å². The molecule has 0 aromatic carbocycles. The first-order valence-electron chi connectivity index (χ1n) is 15.7. The van der Waals surface area contributed by atoms with Crippen LogP contribution in [0.25, 0.3) is 5.52 Å². The predicted octanol–water partition coefficient (Wildman–Crippen LogP) is 4.91. The van der Waals surface area contributed by atoms with Crippen molar-refractivity contribution < 1.29 is 20.3 Å². The van der Waals surface area contributed by atoms with E-state index in [2.05, 4.69) is 22.8 Å². The number of piperidine rings is 1. The summed E-state index contributed by atoms with van der Waals surface area (Å²) in [6.45, 7) is 0.0457. The number of alkyl halides is 4. The first-order valence-corrected chi connectivity index (χ1v) is 14.7. The summed E-state index contributed by atoms with van der Waals surface area (Å²) in [7, 11) is 2.09. The Morgan fingerprint density at radius 2 is 1.82 bits per heavy atom. The highest BCUT2D eigenvalue weighted by atomic mass is 19.4.